The molecular formula is C36H46N2O6S. The number of ketones is 2. The highest BCUT2D eigenvalue weighted by molar-refractivity contribution is 7.80. The van der Waals surface area contributed by atoms with Gasteiger partial charge in [-0.1, -0.05) is 20.8 Å². The summed E-state index contributed by atoms with van der Waals surface area (Å²) in [5.41, 5.74) is 1.32. The number of ether oxygens (including phenoxy) is 2. The van der Waals surface area contributed by atoms with Crippen LogP contribution in [0.5, 0.6) is 11.5 Å². The van der Waals surface area contributed by atoms with Crippen molar-refractivity contribution in [2.24, 2.45) is 11.8 Å². The van der Waals surface area contributed by atoms with Crippen LogP contribution in [-0.2, 0) is 0 Å². The van der Waals surface area contributed by atoms with Crippen LogP contribution in [-0.4, -0.2) is 47.8 Å². The summed E-state index contributed by atoms with van der Waals surface area (Å²) in [7, 11) is 0. The Labute approximate surface area is 271 Å². The molecule has 0 radical (unpaired) electrons. The number of furan rings is 2. The Bertz CT molecular complexity index is 1620. The second kappa shape index (κ2) is 14.4. The van der Waals surface area contributed by atoms with E-state index in [0.29, 0.717) is 41.0 Å². The highest BCUT2D eigenvalue weighted by atomic mass is 32.1. The summed E-state index contributed by atoms with van der Waals surface area (Å²) >= 11 is 4.34. The summed E-state index contributed by atoms with van der Waals surface area (Å²) in [6.45, 7) is 12.5. The second-order valence-electron chi connectivity index (χ2n) is 13.0. The van der Waals surface area contributed by atoms with Gasteiger partial charge in [-0.2, -0.15) is 12.6 Å². The number of carbonyl (C=O) groups is 2. The molecule has 4 aromatic rings. The molecule has 4 atom stereocenters. The predicted octanol–water partition coefficient (Wildman–Crippen LogP) is 7.84. The van der Waals surface area contributed by atoms with Crippen molar-refractivity contribution in [1.29, 1.82) is 0 Å². The smallest absolute Gasteiger partial charge is 0.200 e. The Morgan fingerprint density at radius 2 is 1.44 bits per heavy atom. The first-order valence-electron chi connectivity index (χ1n) is 16.1. The van der Waals surface area contributed by atoms with Gasteiger partial charge in [0.25, 0.3) is 0 Å². The van der Waals surface area contributed by atoms with Crippen molar-refractivity contribution in [3.63, 3.8) is 0 Å². The molecule has 242 valence electrons. The molecule has 0 bridgehead atoms. The maximum Gasteiger partial charge on any atom is 0.200 e. The van der Waals surface area contributed by atoms with E-state index in [9.17, 15) is 9.59 Å². The van der Waals surface area contributed by atoms with Crippen LogP contribution >= 0.6 is 12.6 Å². The summed E-state index contributed by atoms with van der Waals surface area (Å²) in [4.78, 5) is 25.5. The predicted molar refractivity (Wildman–Crippen MR) is 181 cm³/mol. The maximum atomic E-state index is 13.2. The largest absolute Gasteiger partial charge is 0.490 e. The van der Waals surface area contributed by atoms with Crippen LogP contribution < -0.4 is 20.1 Å². The lowest BCUT2D eigenvalue weighted by Gasteiger charge is -2.37. The van der Waals surface area contributed by atoms with E-state index in [2.05, 4.69) is 30.2 Å². The van der Waals surface area contributed by atoms with Crippen molar-refractivity contribution < 1.29 is 27.9 Å². The fraction of sp³-hybridized carbons (Fsp3) is 0.500. The van der Waals surface area contributed by atoms with Crippen LogP contribution in [0.2, 0.25) is 0 Å². The minimum atomic E-state index is -0.148. The molecule has 1 aliphatic rings. The van der Waals surface area contributed by atoms with Crippen LogP contribution in [0.15, 0.2) is 57.4 Å². The van der Waals surface area contributed by atoms with Gasteiger partial charge < -0.3 is 28.9 Å². The number of rotatable bonds is 16. The lowest BCUT2D eigenvalue weighted by Crippen LogP contribution is -2.49. The Kier molecular flexibility index (Phi) is 10.6. The van der Waals surface area contributed by atoms with E-state index in [4.69, 9.17) is 18.3 Å². The first-order chi connectivity index (χ1) is 21.4. The maximum absolute atomic E-state index is 13.2. The number of carbonyl (C=O) groups excluding carboxylic acids is 2. The van der Waals surface area contributed by atoms with Gasteiger partial charge in [0.1, 0.15) is 34.9 Å². The molecule has 3 unspecified atom stereocenters. The molecule has 2 aromatic heterocycles. The third kappa shape index (κ3) is 8.51. The van der Waals surface area contributed by atoms with E-state index in [1.807, 2.05) is 77.1 Å². The number of benzene rings is 2. The van der Waals surface area contributed by atoms with Crippen LogP contribution in [0.3, 0.4) is 0 Å². The van der Waals surface area contributed by atoms with Gasteiger partial charge in [-0.05, 0) is 82.9 Å². The lowest BCUT2D eigenvalue weighted by molar-refractivity contribution is 0.0789. The van der Waals surface area contributed by atoms with E-state index >= 15 is 0 Å². The molecule has 5 rings (SSSR count). The van der Waals surface area contributed by atoms with Gasteiger partial charge in [0, 0.05) is 58.7 Å². The number of thiol groups is 1. The van der Waals surface area contributed by atoms with Gasteiger partial charge in [-0.15, -0.1) is 0 Å². The summed E-state index contributed by atoms with van der Waals surface area (Å²) in [5.74, 6) is 2.02. The van der Waals surface area contributed by atoms with Gasteiger partial charge in [0.05, 0.1) is 0 Å². The van der Waals surface area contributed by atoms with E-state index < -0.39 is 0 Å². The van der Waals surface area contributed by atoms with E-state index in [1.54, 1.807) is 6.07 Å². The molecule has 1 saturated carbocycles. The zero-order chi connectivity index (χ0) is 32.2. The molecule has 2 N–H and O–H groups in total. The second-order valence-corrected chi connectivity index (χ2v) is 13.7. The minimum Gasteiger partial charge on any atom is -0.490 e. The third-order valence-electron chi connectivity index (χ3n) is 8.43. The van der Waals surface area contributed by atoms with Crippen LogP contribution in [0.25, 0.3) is 21.9 Å². The van der Waals surface area contributed by atoms with Crippen molar-refractivity contribution in [3.05, 3.63) is 60.1 Å². The molecule has 8 nitrogen and oxygen atoms in total. The average Bonchev–Trinajstić information content (AvgIpc) is 3.60. The standard InChI is InChI=1S/C36H46N2O6S/c1-20(2)35(39)33-13-25-10-12-29(18-32(25)43-33)42-30-15-27(16-30)38-22(4)8-7-21(3)36(40)34-14-26-9-11-28(17-31(26)44-34)41-23(5)19-37-24(6)45/h9-14,17-18,20-24,27,30,37-38,45H,7-8,15-16,19H2,1-6H3/t21?,22?,23-,24?,27-,30+/m1/s1. The third-order valence-corrected chi connectivity index (χ3v) is 8.61. The fourth-order valence-electron chi connectivity index (χ4n) is 5.66. The zero-order valence-electron chi connectivity index (χ0n) is 27.1. The Balaban J connectivity index is 1.04. The van der Waals surface area contributed by atoms with E-state index in [1.165, 1.54) is 0 Å². The summed E-state index contributed by atoms with van der Waals surface area (Å²) in [5, 5.41) is 8.81. The van der Waals surface area contributed by atoms with Gasteiger partial charge in [-0.3, -0.25) is 9.59 Å². The molecule has 0 aliphatic heterocycles. The van der Waals surface area contributed by atoms with Gasteiger partial charge in [0.15, 0.2) is 11.5 Å². The van der Waals surface area contributed by atoms with Crippen molar-refractivity contribution >= 4 is 46.1 Å². The number of hydrogen-bond acceptors (Lipinski definition) is 9. The van der Waals surface area contributed by atoms with Crippen LogP contribution in [0.1, 0.15) is 88.3 Å². The molecule has 2 heterocycles. The number of Topliss-reactive ketones (excluding diaryl/α,β-unsaturated/α-hetero) is 2. The normalized spacial score (nSPS) is 19.3. The van der Waals surface area contributed by atoms with Gasteiger partial charge in [0.2, 0.25) is 11.6 Å². The van der Waals surface area contributed by atoms with Gasteiger partial charge in [-0.25, -0.2) is 0 Å². The number of fused-ring (bicyclic) bond motifs is 2. The molecule has 2 aromatic carbocycles. The van der Waals surface area contributed by atoms with E-state index in [0.717, 1.165) is 42.2 Å². The Morgan fingerprint density at radius 3 is 2.07 bits per heavy atom. The monoisotopic (exact) mass is 634 g/mol. The molecule has 1 fully saturated rings. The van der Waals surface area contributed by atoms with Crippen molar-refractivity contribution in [2.75, 3.05) is 6.54 Å². The van der Waals surface area contributed by atoms with E-state index in [-0.39, 0.29) is 47.0 Å². The fourth-order valence-corrected chi connectivity index (χ4v) is 5.76. The summed E-state index contributed by atoms with van der Waals surface area (Å²) in [6.07, 6.45) is 3.59. The summed E-state index contributed by atoms with van der Waals surface area (Å²) in [6, 6.07) is 15.7. The first-order valence-corrected chi connectivity index (χ1v) is 16.6. The molecule has 0 saturated heterocycles. The SMILES string of the molecule is CC(S)NC[C@@H](C)Oc1ccc2cc(C(=O)C(C)CCC(C)N[C@H]3C[C@@H](Oc4ccc5cc(C(=O)C(C)C)oc5c4)C3)oc2c1. The molecule has 0 spiro atoms. The first kappa shape index (κ1) is 33.1. The lowest BCUT2D eigenvalue weighted by atomic mass is 9.88. The van der Waals surface area contributed by atoms with Crippen molar-refractivity contribution in [2.45, 2.75) is 96.9 Å². The Morgan fingerprint density at radius 1 is 0.844 bits per heavy atom. The topological polar surface area (TPSA) is 103 Å². The van der Waals surface area contributed by atoms with Crippen LogP contribution in [0.4, 0.5) is 0 Å². The highest BCUT2D eigenvalue weighted by Crippen LogP contribution is 2.31. The molecular weight excluding hydrogens is 588 g/mol. The Hall–Kier alpha value is -3.27. The van der Waals surface area contributed by atoms with Crippen molar-refractivity contribution in [3.8, 4) is 11.5 Å². The molecule has 0 amide bonds. The number of nitrogens with one attached hydrogen (secondary N) is 2. The highest BCUT2D eigenvalue weighted by Gasteiger charge is 2.32. The minimum absolute atomic E-state index is 0.00220. The zero-order valence-corrected chi connectivity index (χ0v) is 28.0. The van der Waals surface area contributed by atoms with Crippen LogP contribution in [0, 0.1) is 11.8 Å². The molecule has 45 heavy (non-hydrogen) atoms. The molecule has 1 aliphatic carbocycles. The quantitative estimate of drug-likeness (QED) is 0.0651. The molecule has 9 heteroatoms. The summed E-state index contributed by atoms with van der Waals surface area (Å²) < 4.78 is 23.9. The van der Waals surface area contributed by atoms with Crippen molar-refractivity contribution in [1.82, 2.24) is 10.6 Å². The van der Waals surface area contributed by atoms with Gasteiger partial charge >= 0.3 is 0 Å². The number of hydrogen-bond donors (Lipinski definition) is 3. The average molecular weight is 635 g/mol.